The Morgan fingerprint density at radius 2 is 1.97 bits per heavy atom. The second kappa shape index (κ2) is 8.19. The second-order valence-corrected chi connectivity index (χ2v) is 9.77. The minimum absolute atomic E-state index is 0.0251. The molecule has 1 fully saturated rings. The zero-order valence-corrected chi connectivity index (χ0v) is 17.8. The van der Waals surface area contributed by atoms with Crippen LogP contribution in [0.2, 0.25) is 5.02 Å². The molecule has 0 spiro atoms. The van der Waals surface area contributed by atoms with E-state index in [2.05, 4.69) is 0 Å². The number of halogens is 1. The van der Waals surface area contributed by atoms with E-state index in [1.165, 1.54) is 6.07 Å². The number of nitro benzene ring substituents is 1. The fourth-order valence-electron chi connectivity index (χ4n) is 3.67. The summed E-state index contributed by atoms with van der Waals surface area (Å²) in [6.07, 6.45) is 0.479. The normalized spacial score (nSPS) is 17.6. The predicted octanol–water partition coefficient (Wildman–Crippen LogP) is 3.07. The lowest BCUT2D eigenvalue weighted by Gasteiger charge is -2.16. The predicted molar refractivity (Wildman–Crippen MR) is 109 cm³/mol. The second-order valence-electron chi connectivity index (χ2n) is 7.13. The largest absolute Gasteiger partial charge is 0.454 e. The van der Waals surface area contributed by atoms with Crippen LogP contribution in [0.15, 0.2) is 24.3 Å². The van der Waals surface area contributed by atoms with E-state index >= 15 is 0 Å². The molecule has 0 N–H and O–H groups in total. The summed E-state index contributed by atoms with van der Waals surface area (Å²) in [5.74, 6) is -1.28. The molecule has 11 heteroatoms. The number of benzene rings is 1. The van der Waals surface area contributed by atoms with Crippen molar-refractivity contribution in [3.8, 4) is 0 Å². The van der Waals surface area contributed by atoms with Crippen LogP contribution in [0.1, 0.15) is 44.6 Å². The van der Waals surface area contributed by atoms with E-state index in [9.17, 15) is 28.1 Å². The molecule has 0 radical (unpaired) electrons. The number of nitro groups is 1. The van der Waals surface area contributed by atoms with Crippen LogP contribution in [-0.4, -0.2) is 47.8 Å². The van der Waals surface area contributed by atoms with Crippen molar-refractivity contribution in [1.82, 2.24) is 4.57 Å². The van der Waals surface area contributed by atoms with Crippen molar-refractivity contribution in [3.05, 3.63) is 61.9 Å². The van der Waals surface area contributed by atoms with Crippen LogP contribution in [0.3, 0.4) is 0 Å². The van der Waals surface area contributed by atoms with E-state index in [0.29, 0.717) is 17.7 Å². The molecule has 0 amide bonds. The van der Waals surface area contributed by atoms with E-state index in [0.717, 1.165) is 17.8 Å². The summed E-state index contributed by atoms with van der Waals surface area (Å²) >= 11 is 5.91. The number of ketones is 1. The van der Waals surface area contributed by atoms with Gasteiger partial charge in [-0.2, -0.15) is 0 Å². The molecule has 0 bridgehead atoms. The number of nitrogens with zero attached hydrogens (tertiary/aromatic N) is 2. The maximum Gasteiger partial charge on any atom is 0.340 e. The van der Waals surface area contributed by atoms with Crippen LogP contribution in [0.5, 0.6) is 0 Å². The minimum Gasteiger partial charge on any atom is -0.454 e. The molecule has 9 nitrogen and oxygen atoms in total. The molecule has 3 rings (SSSR count). The van der Waals surface area contributed by atoms with Gasteiger partial charge < -0.3 is 9.30 Å². The first-order valence-electron chi connectivity index (χ1n) is 9.03. The summed E-state index contributed by atoms with van der Waals surface area (Å²) in [5.41, 5.74) is 1.14. The number of sulfone groups is 1. The Hall–Kier alpha value is -2.72. The first-order chi connectivity index (χ1) is 14.0. The Morgan fingerprint density at radius 1 is 1.27 bits per heavy atom. The summed E-state index contributed by atoms with van der Waals surface area (Å²) in [4.78, 5) is 35.1. The van der Waals surface area contributed by atoms with Gasteiger partial charge >= 0.3 is 5.97 Å². The average Bonchev–Trinajstić information content (AvgIpc) is 3.17. The quantitative estimate of drug-likeness (QED) is 0.284. The van der Waals surface area contributed by atoms with Gasteiger partial charge in [-0.3, -0.25) is 14.9 Å². The van der Waals surface area contributed by atoms with Gasteiger partial charge in [0.1, 0.15) is 0 Å². The van der Waals surface area contributed by atoms with Crippen molar-refractivity contribution in [2.75, 3.05) is 18.1 Å². The van der Waals surface area contributed by atoms with E-state index in [1.54, 1.807) is 19.9 Å². The maximum absolute atomic E-state index is 12.6. The lowest BCUT2D eigenvalue weighted by atomic mass is 10.1. The lowest BCUT2D eigenvalue weighted by molar-refractivity contribution is -0.384. The Balaban J connectivity index is 1.75. The van der Waals surface area contributed by atoms with Gasteiger partial charge in [-0.25, -0.2) is 13.2 Å². The monoisotopic (exact) mass is 454 g/mol. The Labute approximate surface area is 177 Å². The van der Waals surface area contributed by atoms with Crippen LogP contribution < -0.4 is 0 Å². The number of carbonyl (C=O) groups excluding carboxylic acids is 2. The first-order valence-corrected chi connectivity index (χ1v) is 11.2. The van der Waals surface area contributed by atoms with E-state index in [4.69, 9.17) is 16.3 Å². The summed E-state index contributed by atoms with van der Waals surface area (Å²) in [5, 5.41) is 10.8. The smallest absolute Gasteiger partial charge is 0.340 e. The number of esters is 1. The molecule has 1 aliphatic rings. The van der Waals surface area contributed by atoms with Gasteiger partial charge in [0.05, 0.1) is 27.0 Å². The first kappa shape index (κ1) is 22.0. The number of Topliss-reactive ketones (excluding diaryl/α,β-unsaturated/α-hetero) is 1. The van der Waals surface area contributed by atoms with E-state index in [-0.39, 0.29) is 33.8 Å². The third kappa shape index (κ3) is 4.39. The standard InChI is InChI=1S/C19H19ClN2O7S/c1-11-7-15(12(2)21(11)14-5-6-30(27,28)10-14)18(23)9-29-19(24)16-8-13(22(25)26)3-4-17(16)20/h3-4,7-8,14H,5-6,9-10H2,1-2H3. The van der Waals surface area contributed by atoms with Gasteiger partial charge in [-0.05, 0) is 32.4 Å². The van der Waals surface area contributed by atoms with Crippen LogP contribution in [0, 0.1) is 24.0 Å². The van der Waals surface area contributed by atoms with E-state index < -0.39 is 33.1 Å². The highest BCUT2D eigenvalue weighted by molar-refractivity contribution is 7.91. The fourth-order valence-corrected chi connectivity index (χ4v) is 5.56. The lowest BCUT2D eigenvalue weighted by Crippen LogP contribution is -2.17. The molecule has 1 saturated heterocycles. The van der Waals surface area contributed by atoms with Crippen LogP contribution >= 0.6 is 11.6 Å². The number of aryl methyl sites for hydroxylation is 1. The third-order valence-corrected chi connectivity index (χ3v) is 7.15. The molecular weight excluding hydrogens is 436 g/mol. The topological polar surface area (TPSA) is 126 Å². The van der Waals surface area contributed by atoms with Crippen LogP contribution in [0.25, 0.3) is 0 Å². The number of ether oxygens (including phenoxy) is 1. The molecule has 1 unspecified atom stereocenters. The number of hydrogen-bond donors (Lipinski definition) is 0. The number of carbonyl (C=O) groups is 2. The van der Waals surface area contributed by atoms with Gasteiger partial charge in [0, 0.05) is 35.1 Å². The van der Waals surface area contributed by atoms with Gasteiger partial charge in [-0.15, -0.1) is 0 Å². The Bertz CT molecular complexity index is 1150. The number of aromatic nitrogens is 1. The maximum atomic E-state index is 12.6. The van der Waals surface area contributed by atoms with Crippen molar-refractivity contribution < 1.29 is 27.7 Å². The highest BCUT2D eigenvalue weighted by atomic mass is 35.5. The van der Waals surface area contributed by atoms with Gasteiger partial charge in [0.25, 0.3) is 5.69 Å². The molecule has 160 valence electrons. The minimum atomic E-state index is -3.09. The number of rotatable bonds is 6. The molecule has 1 atom stereocenters. The van der Waals surface area contributed by atoms with Crippen molar-refractivity contribution >= 4 is 38.9 Å². The Kier molecular flexibility index (Phi) is 6.00. The van der Waals surface area contributed by atoms with Crippen molar-refractivity contribution in [1.29, 1.82) is 0 Å². The SMILES string of the molecule is Cc1cc(C(=O)COC(=O)c2cc([N+](=O)[O-])ccc2Cl)c(C)n1C1CCS(=O)(=O)C1. The molecule has 30 heavy (non-hydrogen) atoms. The van der Waals surface area contributed by atoms with Gasteiger partial charge in [0.15, 0.2) is 16.4 Å². The van der Waals surface area contributed by atoms with Crippen LogP contribution in [0.4, 0.5) is 5.69 Å². The fraction of sp³-hybridized carbons (Fsp3) is 0.368. The molecule has 0 saturated carbocycles. The van der Waals surface area contributed by atoms with Crippen LogP contribution in [-0.2, 0) is 14.6 Å². The molecule has 1 aromatic carbocycles. The molecule has 2 heterocycles. The van der Waals surface area contributed by atoms with Gasteiger partial charge in [-0.1, -0.05) is 11.6 Å². The summed E-state index contributed by atoms with van der Waals surface area (Å²) in [7, 11) is -3.09. The summed E-state index contributed by atoms with van der Waals surface area (Å²) in [6, 6.07) is 4.75. The number of non-ortho nitro benzene ring substituents is 1. The molecule has 1 aromatic heterocycles. The van der Waals surface area contributed by atoms with Gasteiger partial charge in [0.2, 0.25) is 5.78 Å². The summed E-state index contributed by atoms with van der Waals surface area (Å²) in [6.45, 7) is 2.92. The zero-order chi connectivity index (χ0) is 22.2. The molecule has 2 aromatic rings. The zero-order valence-electron chi connectivity index (χ0n) is 16.3. The highest BCUT2D eigenvalue weighted by Gasteiger charge is 2.32. The third-order valence-electron chi connectivity index (χ3n) is 5.07. The highest BCUT2D eigenvalue weighted by Crippen LogP contribution is 2.29. The van der Waals surface area contributed by atoms with Crippen molar-refractivity contribution in [2.45, 2.75) is 26.3 Å². The Morgan fingerprint density at radius 3 is 2.57 bits per heavy atom. The summed E-state index contributed by atoms with van der Waals surface area (Å²) < 4.78 is 30.4. The molecule has 1 aliphatic heterocycles. The molecule has 0 aliphatic carbocycles. The van der Waals surface area contributed by atoms with Crippen molar-refractivity contribution in [2.24, 2.45) is 0 Å². The van der Waals surface area contributed by atoms with E-state index in [1.807, 2.05) is 4.57 Å². The van der Waals surface area contributed by atoms with Crippen molar-refractivity contribution in [3.63, 3.8) is 0 Å². The average molecular weight is 455 g/mol. The number of hydrogen-bond acceptors (Lipinski definition) is 7. The molecular formula is C19H19ClN2O7S.